The lowest BCUT2D eigenvalue weighted by Gasteiger charge is -2.26. The van der Waals surface area contributed by atoms with Gasteiger partial charge in [0.2, 0.25) is 5.95 Å². The highest BCUT2D eigenvalue weighted by molar-refractivity contribution is 5.78. The smallest absolute Gasteiger partial charge is 0.225 e. The fraction of sp³-hybridized carbons (Fsp3) is 0.417. The van der Waals surface area contributed by atoms with Gasteiger partial charge in [-0.25, -0.2) is 15.0 Å². The van der Waals surface area contributed by atoms with Crippen LogP contribution in [0.2, 0.25) is 0 Å². The zero-order valence-corrected chi connectivity index (χ0v) is 19.1. The van der Waals surface area contributed by atoms with E-state index < -0.39 is 0 Å². The normalized spacial score (nSPS) is 14.3. The summed E-state index contributed by atoms with van der Waals surface area (Å²) in [6.45, 7) is 7.92. The van der Waals surface area contributed by atoms with Gasteiger partial charge in [0.05, 0.1) is 25.8 Å². The Balaban J connectivity index is 1.41. The third-order valence-electron chi connectivity index (χ3n) is 5.75. The van der Waals surface area contributed by atoms with Crippen molar-refractivity contribution in [2.24, 2.45) is 12.0 Å². The summed E-state index contributed by atoms with van der Waals surface area (Å²) >= 11 is 0. The first-order valence-electron chi connectivity index (χ1n) is 11.2. The highest BCUT2D eigenvalue weighted by atomic mass is 16.5. The molecule has 1 fully saturated rings. The van der Waals surface area contributed by atoms with Crippen LogP contribution < -0.4 is 10.2 Å². The minimum absolute atomic E-state index is 0.503. The van der Waals surface area contributed by atoms with Gasteiger partial charge in [0.15, 0.2) is 0 Å². The maximum atomic E-state index is 5.40. The van der Waals surface area contributed by atoms with Gasteiger partial charge >= 0.3 is 0 Å². The van der Waals surface area contributed by atoms with Gasteiger partial charge in [-0.2, -0.15) is 0 Å². The maximum Gasteiger partial charge on any atom is 0.225 e. The van der Waals surface area contributed by atoms with Crippen LogP contribution in [0.4, 0.5) is 11.6 Å². The number of benzene rings is 1. The molecule has 0 atom stereocenters. The Kier molecular flexibility index (Phi) is 7.11. The van der Waals surface area contributed by atoms with Crippen LogP contribution in [0, 0.1) is 0 Å². The number of rotatable bonds is 8. The van der Waals surface area contributed by atoms with Gasteiger partial charge in [-0.1, -0.05) is 19.9 Å². The second-order valence-corrected chi connectivity index (χ2v) is 7.78. The highest BCUT2D eigenvalue weighted by Gasteiger charge is 2.14. The summed E-state index contributed by atoms with van der Waals surface area (Å²) in [4.78, 5) is 20.3. The number of ether oxygens (including phenoxy) is 1. The van der Waals surface area contributed by atoms with Crippen molar-refractivity contribution in [3.63, 3.8) is 0 Å². The van der Waals surface area contributed by atoms with Crippen LogP contribution in [-0.2, 0) is 24.6 Å². The molecule has 8 heteroatoms. The van der Waals surface area contributed by atoms with E-state index in [4.69, 9.17) is 4.74 Å². The van der Waals surface area contributed by atoms with E-state index >= 15 is 0 Å². The van der Waals surface area contributed by atoms with Crippen molar-refractivity contribution in [3.8, 4) is 11.1 Å². The predicted molar refractivity (Wildman–Crippen MR) is 129 cm³/mol. The molecule has 1 saturated heterocycles. The van der Waals surface area contributed by atoms with Crippen LogP contribution in [-0.4, -0.2) is 58.7 Å². The number of nitrogens with zero attached hydrogens (tertiary/aromatic N) is 6. The molecule has 1 N–H and O–H groups in total. The molecule has 32 heavy (non-hydrogen) atoms. The van der Waals surface area contributed by atoms with Crippen molar-refractivity contribution in [2.45, 2.75) is 26.7 Å². The number of nitrogens with one attached hydrogen (secondary N) is 1. The average molecular weight is 434 g/mol. The number of morpholine rings is 1. The monoisotopic (exact) mass is 433 g/mol. The summed E-state index contributed by atoms with van der Waals surface area (Å²) in [5.41, 5.74) is 6.59. The molecule has 168 valence electrons. The van der Waals surface area contributed by atoms with Crippen LogP contribution in [0.5, 0.6) is 0 Å². The third-order valence-corrected chi connectivity index (χ3v) is 5.75. The van der Waals surface area contributed by atoms with Crippen LogP contribution in [0.25, 0.3) is 11.1 Å². The number of imidazole rings is 1. The summed E-state index contributed by atoms with van der Waals surface area (Å²) in [6.07, 6.45) is 9.35. The molecule has 0 bridgehead atoms. The van der Waals surface area contributed by atoms with Crippen LogP contribution in [0.3, 0.4) is 0 Å². The van der Waals surface area contributed by atoms with Gasteiger partial charge in [0.1, 0.15) is 12.4 Å². The molecule has 1 aliphatic heterocycles. The Morgan fingerprint density at radius 3 is 2.56 bits per heavy atom. The fourth-order valence-electron chi connectivity index (χ4n) is 3.91. The van der Waals surface area contributed by atoms with Crippen LogP contribution >= 0.6 is 0 Å². The Morgan fingerprint density at radius 1 is 1.06 bits per heavy atom. The largest absolute Gasteiger partial charge is 0.378 e. The van der Waals surface area contributed by atoms with Crippen molar-refractivity contribution in [3.05, 3.63) is 53.9 Å². The van der Waals surface area contributed by atoms with E-state index in [1.54, 1.807) is 0 Å². The zero-order chi connectivity index (χ0) is 22.3. The average Bonchev–Trinajstić information content (AvgIpc) is 3.21. The molecule has 8 nitrogen and oxygen atoms in total. The van der Waals surface area contributed by atoms with E-state index in [2.05, 4.69) is 62.2 Å². The van der Waals surface area contributed by atoms with E-state index in [1.165, 1.54) is 11.3 Å². The SMILES string of the molecule is CCc1cc(-c2cnc(N3CCOCC3)nc2)ccc1NC/N=C\c1ncn(C)c1CC. The number of hydrogen-bond acceptors (Lipinski definition) is 7. The van der Waals surface area contributed by atoms with Gasteiger partial charge in [-0.05, 0) is 36.1 Å². The summed E-state index contributed by atoms with van der Waals surface area (Å²) < 4.78 is 7.45. The minimum Gasteiger partial charge on any atom is -0.378 e. The molecular weight excluding hydrogens is 402 g/mol. The van der Waals surface area contributed by atoms with E-state index in [0.717, 1.165) is 67.6 Å². The second kappa shape index (κ2) is 10.4. The molecule has 3 heterocycles. The van der Waals surface area contributed by atoms with Crippen molar-refractivity contribution in [1.82, 2.24) is 19.5 Å². The van der Waals surface area contributed by atoms with Crippen molar-refractivity contribution >= 4 is 17.9 Å². The van der Waals surface area contributed by atoms with E-state index in [-0.39, 0.29) is 0 Å². The summed E-state index contributed by atoms with van der Waals surface area (Å²) in [6, 6.07) is 6.41. The summed E-state index contributed by atoms with van der Waals surface area (Å²) in [7, 11) is 2.01. The molecule has 3 aromatic rings. The van der Waals surface area contributed by atoms with Gasteiger partial charge in [-0.3, -0.25) is 4.99 Å². The predicted octanol–water partition coefficient (Wildman–Crippen LogP) is 3.33. The molecule has 0 unspecified atom stereocenters. The van der Waals surface area contributed by atoms with E-state index in [1.807, 2.05) is 36.6 Å². The van der Waals surface area contributed by atoms with Crippen molar-refractivity contribution < 1.29 is 4.74 Å². The fourth-order valence-corrected chi connectivity index (χ4v) is 3.91. The molecule has 0 spiro atoms. The van der Waals surface area contributed by atoms with Gasteiger partial charge in [0.25, 0.3) is 0 Å². The van der Waals surface area contributed by atoms with Crippen molar-refractivity contribution in [2.75, 3.05) is 43.2 Å². The molecule has 4 rings (SSSR count). The first-order chi connectivity index (χ1) is 15.7. The molecule has 0 saturated carbocycles. The van der Waals surface area contributed by atoms with E-state index in [9.17, 15) is 0 Å². The van der Waals surface area contributed by atoms with Gasteiger partial charge < -0.3 is 19.5 Å². The molecule has 0 aliphatic carbocycles. The topological polar surface area (TPSA) is 80.5 Å². The highest BCUT2D eigenvalue weighted by Crippen LogP contribution is 2.26. The first kappa shape index (κ1) is 22.0. The molecular formula is C24H31N7O. The third kappa shape index (κ3) is 4.96. The van der Waals surface area contributed by atoms with Crippen LogP contribution in [0.1, 0.15) is 30.8 Å². The summed E-state index contributed by atoms with van der Waals surface area (Å²) in [5, 5.41) is 3.43. The zero-order valence-electron chi connectivity index (χ0n) is 19.1. The number of aliphatic imine (C=N–C) groups is 1. The van der Waals surface area contributed by atoms with Gasteiger partial charge in [-0.15, -0.1) is 0 Å². The van der Waals surface area contributed by atoms with Gasteiger partial charge in [0, 0.05) is 49.5 Å². The first-order valence-corrected chi connectivity index (χ1v) is 11.2. The number of hydrogen-bond donors (Lipinski definition) is 1. The quantitative estimate of drug-likeness (QED) is 0.549. The van der Waals surface area contributed by atoms with Crippen molar-refractivity contribution in [1.29, 1.82) is 0 Å². The number of aromatic nitrogens is 4. The number of anilines is 2. The lowest BCUT2D eigenvalue weighted by molar-refractivity contribution is 0.122. The van der Waals surface area contributed by atoms with Crippen LogP contribution in [0.15, 0.2) is 41.9 Å². The lowest BCUT2D eigenvalue weighted by Crippen LogP contribution is -2.37. The molecule has 2 aromatic heterocycles. The Hall–Kier alpha value is -3.26. The standard InChI is InChI=1S/C24H31N7O/c1-4-18-12-19(20-13-26-24(27-14-20)31-8-10-32-11-9-31)6-7-21(18)28-16-25-15-22-23(5-2)30(3)17-29-22/h6-7,12-15,17,28H,4-5,8-11,16H2,1-3H3/b25-15-. The molecule has 0 amide bonds. The second-order valence-electron chi connectivity index (χ2n) is 7.78. The number of aryl methyl sites for hydroxylation is 2. The maximum absolute atomic E-state index is 5.40. The lowest BCUT2D eigenvalue weighted by atomic mass is 10.0. The molecule has 1 aromatic carbocycles. The molecule has 0 radical (unpaired) electrons. The Labute approximate surface area is 189 Å². The molecule has 1 aliphatic rings. The van der Waals surface area contributed by atoms with E-state index in [0.29, 0.717) is 6.67 Å². The Bertz CT molecular complexity index is 1050. The minimum atomic E-state index is 0.503. The summed E-state index contributed by atoms with van der Waals surface area (Å²) in [5.74, 6) is 0.767. The Morgan fingerprint density at radius 2 is 1.84 bits per heavy atom.